The average Bonchev–Trinajstić information content (AvgIpc) is 2.54. The Bertz CT molecular complexity index is 500. The van der Waals surface area contributed by atoms with Crippen LogP contribution in [0, 0.1) is 10.5 Å². The molecule has 0 aliphatic rings. The molecular formula is C18H25F2IO2. The number of methoxy groups -OCH3 is 1. The monoisotopic (exact) mass is 438 g/mol. The molecule has 0 unspecified atom stereocenters. The number of esters is 1. The van der Waals surface area contributed by atoms with E-state index in [9.17, 15) is 12.0 Å². The van der Waals surface area contributed by atoms with Crippen molar-refractivity contribution in [3.05, 3.63) is 43.3 Å². The Morgan fingerprint density at radius 3 is 2.26 bits per heavy atom. The number of halogens is 3. The fraction of sp³-hybridized carbons (Fsp3) is 0.500. The van der Waals surface area contributed by atoms with Gasteiger partial charge in [0.25, 0.3) is 0 Å². The molecule has 130 valence electrons. The van der Waals surface area contributed by atoms with E-state index in [1.54, 1.807) is 12.1 Å². The van der Waals surface area contributed by atoms with Gasteiger partial charge >= 0.3 is 145 Å². The van der Waals surface area contributed by atoms with Gasteiger partial charge in [0, 0.05) is 0 Å². The van der Waals surface area contributed by atoms with Crippen LogP contribution >= 0.6 is 20.4 Å². The first-order chi connectivity index (χ1) is 11.0. The van der Waals surface area contributed by atoms with E-state index in [1.807, 2.05) is 19.1 Å². The van der Waals surface area contributed by atoms with Gasteiger partial charge in [-0.15, -0.1) is 0 Å². The summed E-state index contributed by atoms with van der Waals surface area (Å²) in [5.74, 6) is -0.512. The number of hydrogen-bond donors (Lipinski definition) is 0. The first-order valence-corrected chi connectivity index (χ1v) is 11.0. The van der Waals surface area contributed by atoms with Crippen molar-refractivity contribution in [2.45, 2.75) is 51.9 Å². The first-order valence-electron chi connectivity index (χ1n) is 7.87. The van der Waals surface area contributed by atoms with Crippen LogP contribution in [-0.2, 0) is 9.53 Å². The summed E-state index contributed by atoms with van der Waals surface area (Å²) in [6, 6.07) is 7.23. The van der Waals surface area contributed by atoms with Crippen molar-refractivity contribution < 1.29 is 16.8 Å². The van der Waals surface area contributed by atoms with Crippen LogP contribution in [-0.4, -0.2) is 13.1 Å². The van der Waals surface area contributed by atoms with Crippen LogP contribution in [0.2, 0.25) is 0 Å². The van der Waals surface area contributed by atoms with Gasteiger partial charge in [-0.2, -0.15) is 0 Å². The minimum absolute atomic E-state index is 0.185. The molecule has 0 heterocycles. The maximum absolute atomic E-state index is 14.1. The summed E-state index contributed by atoms with van der Waals surface area (Å²) < 4.78 is 34.3. The summed E-state index contributed by atoms with van der Waals surface area (Å²) >= 11 is -2.99. The third-order valence-corrected chi connectivity index (χ3v) is 6.59. The molecule has 0 atom stereocenters. The number of ether oxygens (including phenoxy) is 1. The number of unbranched alkanes of at least 4 members (excludes halogenated alkanes) is 4. The zero-order valence-electron chi connectivity index (χ0n) is 13.8. The van der Waals surface area contributed by atoms with Crippen LogP contribution in [0.3, 0.4) is 0 Å². The summed E-state index contributed by atoms with van der Waals surface area (Å²) in [6.45, 7) is 1.95. The van der Waals surface area contributed by atoms with E-state index < -0.39 is 20.4 Å². The molecule has 1 rings (SSSR count). The van der Waals surface area contributed by atoms with Crippen LogP contribution in [0.15, 0.2) is 34.2 Å². The van der Waals surface area contributed by atoms with Gasteiger partial charge in [-0.1, -0.05) is 0 Å². The van der Waals surface area contributed by atoms with Crippen molar-refractivity contribution >= 4 is 26.4 Å². The van der Waals surface area contributed by atoms with E-state index in [1.165, 1.54) is 11.2 Å². The summed E-state index contributed by atoms with van der Waals surface area (Å²) in [6.07, 6.45) is 5.06. The fourth-order valence-electron chi connectivity index (χ4n) is 2.07. The second-order valence-electron chi connectivity index (χ2n) is 5.46. The number of hydrogen-bond acceptors (Lipinski definition) is 2. The quantitative estimate of drug-likeness (QED) is 0.245. The second kappa shape index (κ2) is 11.5. The Morgan fingerprint density at radius 2 is 1.65 bits per heavy atom. The third kappa shape index (κ3) is 9.03. The summed E-state index contributed by atoms with van der Waals surface area (Å²) in [5.41, 5.74) is 1.08. The Hall–Kier alpha value is -0.980. The Kier molecular flexibility index (Phi) is 10.1. The van der Waals surface area contributed by atoms with Crippen molar-refractivity contribution in [2.75, 3.05) is 7.11 Å². The molecule has 0 aliphatic heterocycles. The zero-order valence-corrected chi connectivity index (χ0v) is 15.9. The van der Waals surface area contributed by atoms with Gasteiger partial charge in [-0.3, -0.25) is 0 Å². The van der Waals surface area contributed by atoms with Crippen LogP contribution in [0.1, 0.15) is 50.5 Å². The molecule has 1 aromatic rings. The van der Waals surface area contributed by atoms with Gasteiger partial charge in [0.05, 0.1) is 0 Å². The van der Waals surface area contributed by atoms with Crippen LogP contribution in [0.5, 0.6) is 0 Å². The van der Waals surface area contributed by atoms with E-state index in [0.717, 1.165) is 37.7 Å². The van der Waals surface area contributed by atoms with Gasteiger partial charge in [0.15, 0.2) is 0 Å². The van der Waals surface area contributed by atoms with E-state index in [4.69, 9.17) is 0 Å². The maximum atomic E-state index is 14.1. The normalized spacial score (nSPS) is 12.2. The molecule has 0 aromatic heterocycles. The topological polar surface area (TPSA) is 26.3 Å². The number of allylic oxidation sites excluding steroid dienone is 1. The molecule has 0 bridgehead atoms. The van der Waals surface area contributed by atoms with Crippen LogP contribution < -0.4 is 0 Å². The van der Waals surface area contributed by atoms with Gasteiger partial charge in [0.1, 0.15) is 0 Å². The number of benzene rings is 1. The van der Waals surface area contributed by atoms with E-state index in [-0.39, 0.29) is 11.8 Å². The van der Waals surface area contributed by atoms with Gasteiger partial charge in [0.2, 0.25) is 0 Å². The summed E-state index contributed by atoms with van der Waals surface area (Å²) in [7, 11) is 1.38. The molecule has 0 saturated heterocycles. The SMILES string of the molecule is COC(=O)CCCCCCC/C(F)=C\I(F)c1ccc(C)cc1. The van der Waals surface area contributed by atoms with E-state index >= 15 is 0 Å². The summed E-state index contributed by atoms with van der Waals surface area (Å²) in [4.78, 5) is 10.9. The molecule has 23 heavy (non-hydrogen) atoms. The summed E-state index contributed by atoms with van der Waals surface area (Å²) in [5, 5.41) is 0. The molecule has 2 nitrogen and oxygen atoms in total. The standard InChI is InChI=1S/C18H25F2IO2/c1-15-10-12-17(13-11-15)21(20)14-16(19)8-6-4-3-5-7-9-18(22)23-2/h10-14H,3-9H2,1-2H3/b16-14+. The molecule has 0 aliphatic carbocycles. The second-order valence-corrected chi connectivity index (χ2v) is 8.83. The average molecular weight is 438 g/mol. The minimum atomic E-state index is -2.99. The molecular weight excluding hydrogens is 413 g/mol. The van der Waals surface area contributed by atoms with Crippen molar-refractivity contribution in [3.63, 3.8) is 0 Å². The fourth-order valence-corrected chi connectivity index (χ4v) is 4.38. The molecule has 1 aromatic carbocycles. The van der Waals surface area contributed by atoms with Gasteiger partial charge in [-0.25, -0.2) is 0 Å². The van der Waals surface area contributed by atoms with E-state index in [0.29, 0.717) is 16.4 Å². The number of aryl methyl sites for hydroxylation is 1. The zero-order chi connectivity index (χ0) is 17.1. The van der Waals surface area contributed by atoms with Gasteiger partial charge in [-0.05, 0) is 0 Å². The molecule has 0 amide bonds. The third-order valence-electron chi connectivity index (χ3n) is 3.46. The van der Waals surface area contributed by atoms with E-state index in [2.05, 4.69) is 4.74 Å². The Balaban J connectivity index is 2.19. The van der Waals surface area contributed by atoms with Crippen LogP contribution in [0.25, 0.3) is 0 Å². The molecule has 5 heteroatoms. The molecule has 0 spiro atoms. The number of carbonyl (C=O) groups excluding carboxylic acids is 1. The molecule has 0 radical (unpaired) electrons. The van der Waals surface area contributed by atoms with Crippen molar-refractivity contribution in [1.82, 2.24) is 0 Å². The van der Waals surface area contributed by atoms with Crippen LogP contribution in [0.4, 0.5) is 7.25 Å². The van der Waals surface area contributed by atoms with Crippen molar-refractivity contribution in [1.29, 1.82) is 0 Å². The predicted molar refractivity (Wildman–Crippen MR) is 98.5 cm³/mol. The number of rotatable bonds is 10. The van der Waals surface area contributed by atoms with Crippen molar-refractivity contribution in [3.8, 4) is 0 Å². The Labute approximate surface area is 145 Å². The van der Waals surface area contributed by atoms with Crippen molar-refractivity contribution in [2.24, 2.45) is 0 Å². The molecule has 0 saturated carbocycles. The number of carbonyl (C=O) groups is 1. The first kappa shape index (κ1) is 20.1. The predicted octanol–water partition coefficient (Wildman–Crippen LogP) is 6.27. The van der Waals surface area contributed by atoms with Gasteiger partial charge < -0.3 is 0 Å². The molecule has 0 N–H and O–H groups in total. The molecule has 0 fully saturated rings. The Morgan fingerprint density at radius 1 is 1.09 bits per heavy atom.